The molecule has 98 valence electrons. The van der Waals surface area contributed by atoms with Gasteiger partial charge in [0.2, 0.25) is 5.95 Å². The number of hydrogen-bond acceptors (Lipinski definition) is 4. The van der Waals surface area contributed by atoms with Crippen molar-refractivity contribution in [2.75, 3.05) is 25.0 Å². The number of anilines is 1. The van der Waals surface area contributed by atoms with Crippen molar-refractivity contribution in [1.29, 1.82) is 0 Å². The highest BCUT2D eigenvalue weighted by molar-refractivity contribution is 5.92. The van der Waals surface area contributed by atoms with E-state index in [4.69, 9.17) is 4.74 Å². The summed E-state index contributed by atoms with van der Waals surface area (Å²) in [6.07, 6.45) is 5.17. The molecule has 1 aromatic rings. The quantitative estimate of drug-likeness (QED) is 0.824. The van der Waals surface area contributed by atoms with Crippen LogP contribution in [0.15, 0.2) is 6.20 Å². The molecule has 18 heavy (non-hydrogen) atoms. The van der Waals surface area contributed by atoms with Crippen LogP contribution in [0.3, 0.4) is 0 Å². The zero-order valence-corrected chi connectivity index (χ0v) is 10.3. The molecule has 3 rings (SSSR count). The fraction of sp³-hybridized carbons (Fsp3) is 0.667. The summed E-state index contributed by atoms with van der Waals surface area (Å²) in [5, 5.41) is 6.06. The molecule has 0 aliphatic carbocycles. The summed E-state index contributed by atoms with van der Waals surface area (Å²) in [4.78, 5) is 16.2. The number of nitrogens with zero attached hydrogens (tertiary/aromatic N) is 2. The van der Waals surface area contributed by atoms with Gasteiger partial charge in [-0.25, -0.2) is 4.98 Å². The van der Waals surface area contributed by atoms with Gasteiger partial charge < -0.3 is 19.9 Å². The molecule has 1 saturated heterocycles. The van der Waals surface area contributed by atoms with Crippen LogP contribution in [0.25, 0.3) is 0 Å². The Morgan fingerprint density at radius 1 is 1.61 bits per heavy atom. The van der Waals surface area contributed by atoms with Gasteiger partial charge >= 0.3 is 0 Å². The number of nitrogens with one attached hydrogen (secondary N) is 2. The van der Waals surface area contributed by atoms with Crippen molar-refractivity contribution in [3.63, 3.8) is 0 Å². The van der Waals surface area contributed by atoms with Crippen LogP contribution in [0.5, 0.6) is 0 Å². The van der Waals surface area contributed by atoms with E-state index in [0.717, 1.165) is 44.9 Å². The van der Waals surface area contributed by atoms with E-state index < -0.39 is 0 Å². The molecule has 1 unspecified atom stereocenters. The van der Waals surface area contributed by atoms with E-state index in [0.29, 0.717) is 12.2 Å². The monoisotopic (exact) mass is 250 g/mol. The van der Waals surface area contributed by atoms with Crippen molar-refractivity contribution in [2.24, 2.45) is 0 Å². The summed E-state index contributed by atoms with van der Waals surface area (Å²) < 4.78 is 7.46. The molecular weight excluding hydrogens is 232 g/mol. The second-order valence-corrected chi connectivity index (χ2v) is 4.77. The maximum absolute atomic E-state index is 11.9. The van der Waals surface area contributed by atoms with E-state index in [1.807, 2.05) is 10.8 Å². The molecule has 0 bridgehead atoms. The highest BCUT2D eigenvalue weighted by atomic mass is 16.5. The molecule has 6 nitrogen and oxygen atoms in total. The number of hydrogen-bond donors (Lipinski definition) is 2. The molecule has 0 saturated carbocycles. The summed E-state index contributed by atoms with van der Waals surface area (Å²) in [5.41, 5.74) is 0.484. The predicted molar refractivity (Wildman–Crippen MR) is 66.6 cm³/mol. The molecule has 1 amide bonds. The Hall–Kier alpha value is -1.56. The van der Waals surface area contributed by atoms with Crippen molar-refractivity contribution in [2.45, 2.75) is 31.9 Å². The van der Waals surface area contributed by atoms with E-state index in [2.05, 4.69) is 15.6 Å². The van der Waals surface area contributed by atoms with Crippen LogP contribution in [0.1, 0.15) is 29.8 Å². The molecule has 0 spiro atoms. The summed E-state index contributed by atoms with van der Waals surface area (Å²) in [6.45, 7) is 3.24. The molecule has 1 aromatic heterocycles. The van der Waals surface area contributed by atoms with Crippen molar-refractivity contribution in [3.8, 4) is 0 Å². The number of amides is 1. The van der Waals surface area contributed by atoms with Crippen LogP contribution in [-0.4, -0.2) is 41.3 Å². The third kappa shape index (κ3) is 2.33. The minimum atomic E-state index is -0.116. The first-order chi connectivity index (χ1) is 8.83. The van der Waals surface area contributed by atoms with Crippen LogP contribution in [0.2, 0.25) is 0 Å². The second kappa shape index (κ2) is 4.97. The smallest absolute Gasteiger partial charge is 0.271 e. The van der Waals surface area contributed by atoms with Crippen LogP contribution in [0, 0.1) is 0 Å². The number of carbonyl (C=O) groups excluding carboxylic acids is 1. The Morgan fingerprint density at radius 2 is 2.56 bits per heavy atom. The minimum absolute atomic E-state index is 0.116. The number of aromatic nitrogens is 2. The Kier molecular flexibility index (Phi) is 3.19. The molecule has 0 aromatic carbocycles. The topological polar surface area (TPSA) is 68.2 Å². The van der Waals surface area contributed by atoms with Crippen LogP contribution in [-0.2, 0) is 11.3 Å². The molecular formula is C12H18N4O2. The first-order valence-corrected chi connectivity index (χ1v) is 6.54. The zero-order chi connectivity index (χ0) is 12.4. The maximum Gasteiger partial charge on any atom is 0.271 e. The molecule has 2 aliphatic rings. The predicted octanol–water partition coefficient (Wildman–Crippen LogP) is 0.607. The fourth-order valence-electron chi connectivity index (χ4n) is 2.39. The Balaban J connectivity index is 1.59. The van der Waals surface area contributed by atoms with Gasteiger partial charge in [-0.1, -0.05) is 0 Å². The third-order valence-corrected chi connectivity index (χ3v) is 3.38. The standard InChI is InChI=1S/C12H18N4O2/c17-11(14-7-9-3-1-6-18-9)10-8-16-5-2-4-13-12(16)15-10/h8-9H,1-7H2,(H,13,15)(H,14,17). The molecule has 2 aliphatic heterocycles. The molecule has 6 heteroatoms. The molecule has 1 atom stereocenters. The largest absolute Gasteiger partial charge is 0.376 e. The average molecular weight is 250 g/mol. The van der Waals surface area contributed by atoms with Gasteiger partial charge in [0.05, 0.1) is 6.10 Å². The maximum atomic E-state index is 11.9. The Bertz CT molecular complexity index is 414. The number of rotatable bonds is 3. The highest BCUT2D eigenvalue weighted by Gasteiger charge is 2.19. The third-order valence-electron chi connectivity index (χ3n) is 3.38. The minimum Gasteiger partial charge on any atom is -0.376 e. The first-order valence-electron chi connectivity index (χ1n) is 6.54. The lowest BCUT2D eigenvalue weighted by Gasteiger charge is -2.14. The molecule has 0 radical (unpaired) electrons. The van der Waals surface area contributed by atoms with E-state index >= 15 is 0 Å². The molecule has 2 N–H and O–H groups in total. The first kappa shape index (κ1) is 11.5. The van der Waals surface area contributed by atoms with Gasteiger partial charge in [-0.05, 0) is 19.3 Å². The van der Waals surface area contributed by atoms with E-state index in [1.54, 1.807) is 0 Å². The normalized spacial score (nSPS) is 22.3. The lowest BCUT2D eigenvalue weighted by atomic mass is 10.2. The lowest BCUT2D eigenvalue weighted by Crippen LogP contribution is -2.31. The van der Waals surface area contributed by atoms with Gasteiger partial charge in [-0.15, -0.1) is 0 Å². The number of carbonyl (C=O) groups is 1. The van der Waals surface area contributed by atoms with Crippen LogP contribution in [0.4, 0.5) is 5.95 Å². The lowest BCUT2D eigenvalue weighted by molar-refractivity contribution is 0.0854. The summed E-state index contributed by atoms with van der Waals surface area (Å²) in [5.74, 6) is 0.678. The van der Waals surface area contributed by atoms with Gasteiger partial charge in [-0.2, -0.15) is 0 Å². The summed E-state index contributed by atoms with van der Waals surface area (Å²) in [6, 6.07) is 0. The van der Waals surface area contributed by atoms with Gasteiger partial charge in [0.25, 0.3) is 5.91 Å². The number of fused-ring (bicyclic) bond motifs is 1. The Morgan fingerprint density at radius 3 is 3.33 bits per heavy atom. The molecule has 3 heterocycles. The van der Waals surface area contributed by atoms with E-state index in [9.17, 15) is 4.79 Å². The zero-order valence-electron chi connectivity index (χ0n) is 10.3. The second-order valence-electron chi connectivity index (χ2n) is 4.77. The van der Waals surface area contributed by atoms with Crippen LogP contribution < -0.4 is 10.6 Å². The summed E-state index contributed by atoms with van der Waals surface area (Å²) in [7, 11) is 0. The van der Waals surface area contributed by atoms with Crippen molar-refractivity contribution in [1.82, 2.24) is 14.9 Å². The fourth-order valence-corrected chi connectivity index (χ4v) is 2.39. The Labute approximate surface area is 106 Å². The number of ether oxygens (including phenoxy) is 1. The number of imidazole rings is 1. The van der Waals surface area contributed by atoms with Crippen LogP contribution >= 0.6 is 0 Å². The van der Waals surface area contributed by atoms with Gasteiger partial charge in [0.1, 0.15) is 5.69 Å². The SMILES string of the molecule is O=C(NCC1CCCO1)c1cn2c(n1)NCCC2. The molecule has 1 fully saturated rings. The van der Waals surface area contributed by atoms with Crippen molar-refractivity contribution < 1.29 is 9.53 Å². The average Bonchev–Trinajstić information content (AvgIpc) is 3.04. The highest BCUT2D eigenvalue weighted by Crippen LogP contribution is 2.14. The summed E-state index contributed by atoms with van der Waals surface area (Å²) >= 11 is 0. The van der Waals surface area contributed by atoms with Crippen molar-refractivity contribution >= 4 is 11.9 Å². The van der Waals surface area contributed by atoms with Gasteiger partial charge in [0, 0.05) is 32.4 Å². The number of aryl methyl sites for hydroxylation is 1. The van der Waals surface area contributed by atoms with E-state index in [1.165, 1.54) is 0 Å². The van der Waals surface area contributed by atoms with E-state index in [-0.39, 0.29) is 12.0 Å². The van der Waals surface area contributed by atoms with Gasteiger partial charge in [0.15, 0.2) is 0 Å². The van der Waals surface area contributed by atoms with Crippen molar-refractivity contribution in [3.05, 3.63) is 11.9 Å². The van der Waals surface area contributed by atoms with Gasteiger partial charge in [-0.3, -0.25) is 4.79 Å².